The molecule has 2 atom stereocenters. The van der Waals surface area contributed by atoms with Gasteiger partial charge in [-0.3, -0.25) is 9.59 Å². The van der Waals surface area contributed by atoms with E-state index in [4.69, 9.17) is 0 Å². The van der Waals surface area contributed by atoms with Crippen LogP contribution < -0.4 is 21.3 Å². The predicted octanol–water partition coefficient (Wildman–Crippen LogP) is 1.47. The average Bonchev–Trinajstić information content (AvgIpc) is 2.53. The lowest BCUT2D eigenvalue weighted by Gasteiger charge is -2.17. The van der Waals surface area contributed by atoms with Crippen molar-refractivity contribution in [3.8, 4) is 0 Å². The maximum absolute atomic E-state index is 11.9. The Morgan fingerprint density at radius 1 is 1.13 bits per heavy atom. The van der Waals surface area contributed by atoms with Crippen LogP contribution in [0.2, 0.25) is 0 Å². The van der Waals surface area contributed by atoms with E-state index >= 15 is 0 Å². The van der Waals surface area contributed by atoms with Crippen LogP contribution in [0.15, 0.2) is 24.3 Å². The van der Waals surface area contributed by atoms with Gasteiger partial charge in [0, 0.05) is 24.3 Å². The molecule has 0 bridgehead atoms. The van der Waals surface area contributed by atoms with Crippen molar-refractivity contribution in [2.45, 2.75) is 39.3 Å². The lowest BCUT2D eigenvalue weighted by molar-refractivity contribution is -0.123. The second-order valence-corrected chi connectivity index (χ2v) is 5.30. The van der Waals surface area contributed by atoms with E-state index in [2.05, 4.69) is 21.3 Å². The summed E-state index contributed by atoms with van der Waals surface area (Å²) in [6.45, 7) is 5.47. The van der Waals surface area contributed by atoms with E-state index in [1.165, 1.54) is 7.05 Å². The molecule has 1 aromatic carbocycles. The zero-order valence-electron chi connectivity index (χ0n) is 13.9. The summed E-state index contributed by atoms with van der Waals surface area (Å²) in [5, 5.41) is 10.5. The lowest BCUT2D eigenvalue weighted by atomic mass is 10.2. The van der Waals surface area contributed by atoms with Crippen LogP contribution in [-0.4, -0.2) is 37.0 Å². The largest absolute Gasteiger partial charge is 0.355 e. The van der Waals surface area contributed by atoms with Crippen LogP contribution in [0.4, 0.5) is 10.5 Å². The van der Waals surface area contributed by atoms with Crippen LogP contribution in [0.5, 0.6) is 0 Å². The normalized spacial score (nSPS) is 12.7. The van der Waals surface area contributed by atoms with E-state index in [0.717, 1.165) is 6.42 Å². The Bertz CT molecular complexity index is 574. The number of amides is 4. The molecule has 4 N–H and O–H groups in total. The average molecular weight is 320 g/mol. The first-order valence-electron chi connectivity index (χ1n) is 7.57. The third-order valence-electron chi connectivity index (χ3n) is 3.35. The molecule has 4 amide bonds. The van der Waals surface area contributed by atoms with Gasteiger partial charge in [0.25, 0.3) is 5.91 Å². The summed E-state index contributed by atoms with van der Waals surface area (Å²) in [5.41, 5.74) is 0.908. The van der Waals surface area contributed by atoms with Crippen molar-refractivity contribution in [1.82, 2.24) is 16.0 Å². The number of carbonyl (C=O) groups is 3. The number of carbonyl (C=O) groups excluding carboxylic acids is 3. The van der Waals surface area contributed by atoms with Crippen LogP contribution in [0.1, 0.15) is 37.6 Å². The van der Waals surface area contributed by atoms with Gasteiger partial charge in [-0.15, -0.1) is 0 Å². The predicted molar refractivity (Wildman–Crippen MR) is 89.3 cm³/mol. The highest BCUT2D eigenvalue weighted by atomic mass is 16.2. The van der Waals surface area contributed by atoms with Gasteiger partial charge in [-0.05, 0) is 38.5 Å². The molecule has 0 aliphatic heterocycles. The highest BCUT2D eigenvalue weighted by Gasteiger charge is 2.17. The Labute approximate surface area is 136 Å². The first kappa shape index (κ1) is 18.5. The topological polar surface area (TPSA) is 99.3 Å². The number of rotatable bonds is 6. The maximum Gasteiger partial charge on any atom is 0.319 e. The molecule has 0 radical (unpaired) electrons. The monoisotopic (exact) mass is 320 g/mol. The summed E-state index contributed by atoms with van der Waals surface area (Å²) in [7, 11) is 1.53. The standard InChI is InChI=1S/C16H24N4O3/c1-5-10(2)18-14(21)11(3)19-16(23)20-13-8-6-7-12(9-13)15(22)17-4/h6-11H,5H2,1-4H3,(H,17,22)(H,18,21)(H2,19,20,23)/t10-,11+/m1/s1. The number of hydrogen-bond acceptors (Lipinski definition) is 3. The Kier molecular flexibility index (Phi) is 7.05. The Morgan fingerprint density at radius 2 is 1.83 bits per heavy atom. The number of benzene rings is 1. The van der Waals surface area contributed by atoms with Gasteiger partial charge in [0.2, 0.25) is 5.91 Å². The van der Waals surface area contributed by atoms with Gasteiger partial charge in [-0.1, -0.05) is 13.0 Å². The van der Waals surface area contributed by atoms with Gasteiger partial charge in [0.1, 0.15) is 6.04 Å². The van der Waals surface area contributed by atoms with Gasteiger partial charge < -0.3 is 21.3 Å². The van der Waals surface area contributed by atoms with E-state index in [9.17, 15) is 14.4 Å². The smallest absolute Gasteiger partial charge is 0.319 e. The molecular formula is C16H24N4O3. The summed E-state index contributed by atoms with van der Waals surface area (Å²) >= 11 is 0. The molecular weight excluding hydrogens is 296 g/mol. The second-order valence-electron chi connectivity index (χ2n) is 5.30. The molecule has 0 aromatic heterocycles. The minimum absolute atomic E-state index is 0.0547. The molecule has 0 aliphatic carbocycles. The summed E-state index contributed by atoms with van der Waals surface area (Å²) in [4.78, 5) is 35.4. The van der Waals surface area contributed by atoms with Crippen LogP contribution in [0.3, 0.4) is 0 Å². The van der Waals surface area contributed by atoms with Crippen molar-refractivity contribution in [3.05, 3.63) is 29.8 Å². The summed E-state index contributed by atoms with van der Waals surface area (Å²) in [6, 6.07) is 5.41. The van der Waals surface area contributed by atoms with Crippen molar-refractivity contribution in [2.24, 2.45) is 0 Å². The lowest BCUT2D eigenvalue weighted by Crippen LogP contribution is -2.48. The van der Waals surface area contributed by atoms with Crippen molar-refractivity contribution >= 4 is 23.5 Å². The zero-order chi connectivity index (χ0) is 17.4. The molecule has 1 aromatic rings. The zero-order valence-corrected chi connectivity index (χ0v) is 13.9. The van der Waals surface area contributed by atoms with Crippen LogP contribution in [-0.2, 0) is 4.79 Å². The number of anilines is 1. The minimum Gasteiger partial charge on any atom is -0.355 e. The molecule has 126 valence electrons. The van der Waals surface area contributed by atoms with E-state index in [0.29, 0.717) is 11.3 Å². The van der Waals surface area contributed by atoms with Gasteiger partial charge in [0.05, 0.1) is 0 Å². The fraction of sp³-hybridized carbons (Fsp3) is 0.438. The van der Waals surface area contributed by atoms with E-state index in [1.54, 1.807) is 31.2 Å². The molecule has 0 aliphatic rings. The summed E-state index contributed by atoms with van der Waals surface area (Å²) in [6.07, 6.45) is 0.816. The number of urea groups is 1. The Balaban J connectivity index is 2.59. The molecule has 7 heteroatoms. The third-order valence-corrected chi connectivity index (χ3v) is 3.35. The fourth-order valence-corrected chi connectivity index (χ4v) is 1.78. The summed E-state index contributed by atoms with van der Waals surface area (Å²) < 4.78 is 0. The number of hydrogen-bond donors (Lipinski definition) is 4. The molecule has 0 heterocycles. The highest BCUT2D eigenvalue weighted by Crippen LogP contribution is 2.10. The van der Waals surface area contributed by atoms with Crippen molar-refractivity contribution in [3.63, 3.8) is 0 Å². The van der Waals surface area contributed by atoms with Crippen LogP contribution in [0, 0.1) is 0 Å². The Morgan fingerprint density at radius 3 is 2.43 bits per heavy atom. The van der Waals surface area contributed by atoms with Gasteiger partial charge in [-0.25, -0.2) is 4.79 Å². The third kappa shape index (κ3) is 5.98. The first-order valence-corrected chi connectivity index (χ1v) is 7.57. The van der Waals surface area contributed by atoms with E-state index in [-0.39, 0.29) is 17.9 Å². The quantitative estimate of drug-likeness (QED) is 0.638. The van der Waals surface area contributed by atoms with Crippen LogP contribution in [0.25, 0.3) is 0 Å². The molecule has 0 spiro atoms. The highest BCUT2D eigenvalue weighted by molar-refractivity contribution is 5.97. The maximum atomic E-state index is 11.9. The first-order chi connectivity index (χ1) is 10.9. The Hall–Kier alpha value is -2.57. The molecule has 0 unspecified atom stereocenters. The number of nitrogens with one attached hydrogen (secondary N) is 4. The molecule has 7 nitrogen and oxygen atoms in total. The molecule has 0 saturated carbocycles. The van der Waals surface area contributed by atoms with Crippen molar-refractivity contribution in [2.75, 3.05) is 12.4 Å². The molecule has 0 fully saturated rings. The van der Waals surface area contributed by atoms with E-state index < -0.39 is 12.1 Å². The fourth-order valence-electron chi connectivity index (χ4n) is 1.78. The minimum atomic E-state index is -0.661. The summed E-state index contributed by atoms with van der Waals surface area (Å²) in [5.74, 6) is -0.482. The van der Waals surface area contributed by atoms with Gasteiger partial charge in [-0.2, -0.15) is 0 Å². The molecule has 0 saturated heterocycles. The molecule has 23 heavy (non-hydrogen) atoms. The van der Waals surface area contributed by atoms with E-state index in [1.807, 2.05) is 13.8 Å². The molecule has 1 rings (SSSR count). The second kappa shape index (κ2) is 8.77. The SMILES string of the molecule is CC[C@@H](C)NC(=O)[C@H](C)NC(=O)Nc1cccc(C(=O)NC)c1. The van der Waals surface area contributed by atoms with Crippen molar-refractivity contribution in [1.29, 1.82) is 0 Å². The van der Waals surface area contributed by atoms with Gasteiger partial charge in [0.15, 0.2) is 0 Å². The van der Waals surface area contributed by atoms with Crippen molar-refractivity contribution < 1.29 is 14.4 Å². The van der Waals surface area contributed by atoms with Crippen LogP contribution >= 0.6 is 0 Å². The van der Waals surface area contributed by atoms with Gasteiger partial charge >= 0.3 is 6.03 Å².